The van der Waals surface area contributed by atoms with E-state index in [1.807, 2.05) is 19.9 Å². The monoisotopic (exact) mass is 202 g/mol. The molecule has 0 atom stereocenters. The molecule has 0 aliphatic rings. The highest BCUT2D eigenvalue weighted by Gasteiger charge is 2.08. The van der Waals surface area contributed by atoms with Crippen LogP contribution in [0.15, 0.2) is 24.3 Å². The van der Waals surface area contributed by atoms with Gasteiger partial charge in [0.1, 0.15) is 0 Å². The topological polar surface area (TPSA) is 56.0 Å². The number of aromatic nitrogens is 1. The molecule has 15 heavy (non-hydrogen) atoms. The van der Waals surface area contributed by atoms with Crippen molar-refractivity contribution in [1.82, 2.24) is 4.98 Å². The average molecular weight is 202 g/mol. The summed E-state index contributed by atoms with van der Waals surface area (Å²) in [5.41, 5.74) is 2.85. The molecule has 2 aromatic rings. The van der Waals surface area contributed by atoms with E-state index >= 15 is 0 Å². The third kappa shape index (κ3) is 1.66. The molecule has 1 heterocycles. The molecule has 0 radical (unpaired) electrons. The first kappa shape index (κ1) is 9.58. The molecule has 0 aliphatic carbocycles. The second kappa shape index (κ2) is 3.31. The van der Waals surface area contributed by atoms with Crippen LogP contribution in [0.4, 0.5) is 5.69 Å². The Morgan fingerprint density at radius 3 is 2.67 bits per heavy atom. The van der Waals surface area contributed by atoms with Gasteiger partial charge in [-0.15, -0.1) is 0 Å². The van der Waals surface area contributed by atoms with Gasteiger partial charge in [-0.05, 0) is 31.5 Å². The van der Waals surface area contributed by atoms with E-state index < -0.39 is 4.92 Å². The Balaban J connectivity index is 2.76. The molecule has 0 saturated carbocycles. The van der Waals surface area contributed by atoms with Gasteiger partial charge >= 0.3 is 0 Å². The summed E-state index contributed by atoms with van der Waals surface area (Å²) in [6, 6.07) is 6.66. The van der Waals surface area contributed by atoms with Crippen LogP contribution in [0.3, 0.4) is 0 Å². The Hall–Kier alpha value is -1.97. The van der Waals surface area contributed by atoms with Crippen LogP contribution in [-0.2, 0) is 0 Å². The van der Waals surface area contributed by atoms with E-state index in [2.05, 4.69) is 4.98 Å². The van der Waals surface area contributed by atoms with Gasteiger partial charge in [-0.1, -0.05) is 0 Å². The van der Waals surface area contributed by atoms with E-state index in [0.29, 0.717) is 0 Å². The summed E-state index contributed by atoms with van der Waals surface area (Å²) in [5.74, 6) is 0. The highest BCUT2D eigenvalue weighted by Crippen LogP contribution is 2.22. The van der Waals surface area contributed by atoms with E-state index in [-0.39, 0.29) is 5.69 Å². The maximum Gasteiger partial charge on any atom is 0.270 e. The summed E-state index contributed by atoms with van der Waals surface area (Å²) in [6.07, 6.45) is 0. The zero-order valence-electron chi connectivity index (χ0n) is 8.52. The Morgan fingerprint density at radius 1 is 1.27 bits per heavy atom. The third-order valence-electron chi connectivity index (χ3n) is 2.34. The van der Waals surface area contributed by atoms with Gasteiger partial charge in [-0.3, -0.25) is 15.1 Å². The molecule has 4 nitrogen and oxygen atoms in total. The first-order valence-electron chi connectivity index (χ1n) is 4.60. The Kier molecular flexibility index (Phi) is 2.11. The number of aryl methyl sites for hydroxylation is 2. The zero-order valence-corrected chi connectivity index (χ0v) is 8.52. The minimum absolute atomic E-state index is 0.108. The highest BCUT2D eigenvalue weighted by atomic mass is 16.6. The van der Waals surface area contributed by atoms with Crippen LogP contribution >= 0.6 is 0 Å². The molecule has 0 saturated heterocycles. The fourth-order valence-electron chi connectivity index (χ4n) is 1.66. The normalized spacial score (nSPS) is 10.5. The minimum atomic E-state index is -0.390. The highest BCUT2D eigenvalue weighted by molar-refractivity contribution is 5.84. The number of nitrogens with zero attached hydrogens (tertiary/aromatic N) is 2. The quantitative estimate of drug-likeness (QED) is 0.527. The summed E-state index contributed by atoms with van der Waals surface area (Å²) in [5, 5.41) is 11.5. The third-order valence-corrected chi connectivity index (χ3v) is 2.34. The van der Waals surface area contributed by atoms with Gasteiger partial charge in [-0.2, -0.15) is 0 Å². The Labute approximate surface area is 86.7 Å². The molecule has 0 fully saturated rings. The van der Waals surface area contributed by atoms with Gasteiger partial charge in [0.2, 0.25) is 0 Å². The molecule has 0 aliphatic heterocycles. The maximum atomic E-state index is 10.6. The molecule has 0 bridgehead atoms. The van der Waals surface area contributed by atoms with Crippen molar-refractivity contribution in [3.05, 3.63) is 45.6 Å². The first-order chi connectivity index (χ1) is 7.08. The van der Waals surface area contributed by atoms with Gasteiger partial charge in [-0.25, -0.2) is 0 Å². The molecule has 1 aromatic heterocycles. The second-order valence-electron chi connectivity index (χ2n) is 3.54. The molecule has 0 N–H and O–H groups in total. The number of hydrogen-bond acceptors (Lipinski definition) is 3. The van der Waals surface area contributed by atoms with Crippen molar-refractivity contribution in [2.24, 2.45) is 0 Å². The standard InChI is InChI=1S/C11H10N2O2/c1-7-5-8(2)12-11-4-3-9(13(14)15)6-10(7)11/h3-6H,1-2H3. The zero-order chi connectivity index (χ0) is 11.0. The molecule has 0 amide bonds. The predicted octanol–water partition coefficient (Wildman–Crippen LogP) is 2.76. The van der Waals surface area contributed by atoms with Crippen LogP contribution in [0.25, 0.3) is 10.9 Å². The number of nitro benzene ring substituents is 1. The van der Waals surface area contributed by atoms with Crippen molar-refractivity contribution in [2.75, 3.05) is 0 Å². The Bertz CT molecular complexity index is 550. The lowest BCUT2D eigenvalue weighted by molar-refractivity contribution is -0.384. The summed E-state index contributed by atoms with van der Waals surface area (Å²) in [6.45, 7) is 3.84. The van der Waals surface area contributed by atoms with E-state index in [4.69, 9.17) is 0 Å². The predicted molar refractivity (Wildman–Crippen MR) is 57.9 cm³/mol. The lowest BCUT2D eigenvalue weighted by atomic mass is 10.1. The molecule has 1 aromatic carbocycles. The molecular weight excluding hydrogens is 192 g/mol. The number of fused-ring (bicyclic) bond motifs is 1. The van der Waals surface area contributed by atoms with Crippen LogP contribution in [0.1, 0.15) is 11.3 Å². The lowest BCUT2D eigenvalue weighted by Crippen LogP contribution is -1.91. The van der Waals surface area contributed by atoms with Crippen molar-refractivity contribution in [2.45, 2.75) is 13.8 Å². The smallest absolute Gasteiger partial charge is 0.258 e. The van der Waals surface area contributed by atoms with Gasteiger partial charge in [0, 0.05) is 23.2 Å². The number of non-ortho nitro benzene ring substituents is 1. The largest absolute Gasteiger partial charge is 0.270 e. The van der Waals surface area contributed by atoms with Crippen molar-refractivity contribution < 1.29 is 4.92 Å². The number of nitro groups is 1. The SMILES string of the molecule is Cc1cc(C)c2cc([N+](=O)[O-])ccc2n1. The van der Waals surface area contributed by atoms with Crippen LogP contribution in [0, 0.1) is 24.0 Å². The van der Waals surface area contributed by atoms with Crippen molar-refractivity contribution in [3.8, 4) is 0 Å². The summed E-state index contributed by atoms with van der Waals surface area (Å²) in [4.78, 5) is 14.5. The van der Waals surface area contributed by atoms with E-state index in [9.17, 15) is 10.1 Å². The van der Waals surface area contributed by atoms with E-state index in [0.717, 1.165) is 22.2 Å². The molecule has 0 spiro atoms. The summed E-state index contributed by atoms with van der Waals surface area (Å²) in [7, 11) is 0. The lowest BCUT2D eigenvalue weighted by Gasteiger charge is -2.02. The number of rotatable bonds is 1. The fourth-order valence-corrected chi connectivity index (χ4v) is 1.66. The van der Waals surface area contributed by atoms with Gasteiger partial charge in [0.15, 0.2) is 0 Å². The summed E-state index contributed by atoms with van der Waals surface area (Å²) >= 11 is 0. The second-order valence-corrected chi connectivity index (χ2v) is 3.54. The van der Waals surface area contributed by atoms with Gasteiger partial charge < -0.3 is 0 Å². The number of benzene rings is 1. The minimum Gasteiger partial charge on any atom is -0.258 e. The van der Waals surface area contributed by atoms with Crippen molar-refractivity contribution in [1.29, 1.82) is 0 Å². The number of pyridine rings is 1. The van der Waals surface area contributed by atoms with E-state index in [1.165, 1.54) is 6.07 Å². The molecule has 2 rings (SSSR count). The van der Waals surface area contributed by atoms with E-state index in [1.54, 1.807) is 12.1 Å². The molecule has 76 valence electrons. The van der Waals surface area contributed by atoms with Crippen LogP contribution < -0.4 is 0 Å². The number of hydrogen-bond donors (Lipinski definition) is 0. The molecule has 4 heteroatoms. The van der Waals surface area contributed by atoms with Crippen molar-refractivity contribution >= 4 is 16.6 Å². The van der Waals surface area contributed by atoms with Crippen LogP contribution in [0.5, 0.6) is 0 Å². The summed E-state index contributed by atoms with van der Waals surface area (Å²) < 4.78 is 0. The first-order valence-corrected chi connectivity index (χ1v) is 4.60. The molecular formula is C11H10N2O2. The van der Waals surface area contributed by atoms with Gasteiger partial charge in [0.25, 0.3) is 5.69 Å². The maximum absolute atomic E-state index is 10.6. The van der Waals surface area contributed by atoms with Crippen molar-refractivity contribution in [3.63, 3.8) is 0 Å². The fraction of sp³-hybridized carbons (Fsp3) is 0.182. The van der Waals surface area contributed by atoms with Gasteiger partial charge in [0.05, 0.1) is 10.4 Å². The average Bonchev–Trinajstić information content (AvgIpc) is 2.16. The van der Waals surface area contributed by atoms with Crippen LogP contribution in [-0.4, -0.2) is 9.91 Å². The van der Waals surface area contributed by atoms with Crippen LogP contribution in [0.2, 0.25) is 0 Å². The Morgan fingerprint density at radius 2 is 2.00 bits per heavy atom. The molecule has 0 unspecified atom stereocenters.